The number of carboxylic acids is 1. The third-order valence-electron chi connectivity index (χ3n) is 11.4. The summed E-state index contributed by atoms with van der Waals surface area (Å²) in [5.41, 5.74) is 3.82. The van der Waals surface area contributed by atoms with Crippen LogP contribution < -0.4 is 5.73 Å². The lowest BCUT2D eigenvalue weighted by Crippen LogP contribution is -2.71. The van der Waals surface area contributed by atoms with Gasteiger partial charge in [0.1, 0.15) is 0 Å². The van der Waals surface area contributed by atoms with Gasteiger partial charge in [0, 0.05) is 24.8 Å². The smallest absolute Gasteiger partial charge is 0.303 e. The zero-order chi connectivity index (χ0) is 27.6. The van der Waals surface area contributed by atoms with E-state index >= 15 is 0 Å². The summed E-state index contributed by atoms with van der Waals surface area (Å²) in [6.45, 7) is 5.60. The normalized spacial score (nSPS) is 48.4. The fourth-order valence-corrected chi connectivity index (χ4v) is 9.30. The number of rotatable bonds is 8. The Hall–Kier alpha value is -0.850. The van der Waals surface area contributed by atoms with E-state index < -0.39 is 64.9 Å². The third kappa shape index (κ3) is 4.65. The first-order valence-electron chi connectivity index (χ1n) is 13.9. The number of carboxylic acid groups (broad SMARTS) is 1. The van der Waals surface area contributed by atoms with E-state index in [9.17, 15) is 35.4 Å². The molecule has 0 aromatic heterocycles. The number of aliphatic carboxylic acids is 1. The Balaban J connectivity index is 1.61. The SMILES string of the molecule is C[C@H](CCC(=O)O)[C@H]1CC[C@H]2[C@@H]3[C@H](O)C[C@@H]4C[C@@](O)(OCC(O)CN)CC(O)(O)[C@]4(C)[C@H]3C[C@H](O)[C@]12C. The topological polar surface area (TPSA) is 194 Å². The molecule has 4 aliphatic rings. The lowest BCUT2D eigenvalue weighted by Gasteiger charge is -2.67. The maximum atomic E-state index is 11.6. The number of nitrogens with two attached hydrogens (primary N) is 1. The molecular weight excluding hydrogens is 482 g/mol. The van der Waals surface area contributed by atoms with Crippen LogP contribution in [0, 0.1) is 46.3 Å². The molecule has 0 bridgehead atoms. The number of aliphatic hydroxyl groups excluding tert-OH is 3. The predicted molar refractivity (Wildman–Crippen MR) is 133 cm³/mol. The maximum Gasteiger partial charge on any atom is 0.303 e. The highest BCUT2D eigenvalue weighted by Gasteiger charge is 2.72. The maximum absolute atomic E-state index is 11.6. The Kier molecular flexibility index (Phi) is 7.85. The molecule has 0 spiro atoms. The average molecular weight is 530 g/mol. The quantitative estimate of drug-likeness (QED) is 0.204. The summed E-state index contributed by atoms with van der Waals surface area (Å²) in [6, 6.07) is 0. The Bertz CT molecular complexity index is 856. The van der Waals surface area contributed by atoms with Crippen LogP contribution in [0.2, 0.25) is 0 Å². The zero-order valence-corrected chi connectivity index (χ0v) is 22.3. The molecule has 4 fully saturated rings. The highest BCUT2D eigenvalue weighted by molar-refractivity contribution is 5.66. The molecule has 4 aliphatic carbocycles. The second-order valence-corrected chi connectivity index (χ2v) is 13.1. The molecular formula is C27H47NO9. The predicted octanol–water partition coefficient (Wildman–Crippen LogP) is 0.403. The van der Waals surface area contributed by atoms with E-state index in [4.69, 9.17) is 15.6 Å². The fourth-order valence-electron chi connectivity index (χ4n) is 9.30. The van der Waals surface area contributed by atoms with Gasteiger partial charge in [-0.25, -0.2) is 0 Å². The molecule has 4 saturated carbocycles. The number of carbonyl (C=O) groups is 1. The fraction of sp³-hybridized carbons (Fsp3) is 0.963. The first-order chi connectivity index (χ1) is 17.1. The van der Waals surface area contributed by atoms with E-state index in [0.717, 1.165) is 12.8 Å². The van der Waals surface area contributed by atoms with Crippen molar-refractivity contribution in [1.29, 1.82) is 0 Å². The van der Waals surface area contributed by atoms with E-state index in [1.165, 1.54) is 0 Å². The summed E-state index contributed by atoms with van der Waals surface area (Å²) in [5.74, 6) is -6.03. The lowest BCUT2D eigenvalue weighted by atomic mass is 9.41. The van der Waals surface area contributed by atoms with Crippen LogP contribution in [0.3, 0.4) is 0 Å². The van der Waals surface area contributed by atoms with Crippen LogP contribution in [0.5, 0.6) is 0 Å². The van der Waals surface area contributed by atoms with Gasteiger partial charge in [-0.3, -0.25) is 4.79 Å². The minimum atomic E-state index is -2.33. The molecule has 0 amide bonds. The van der Waals surface area contributed by atoms with Crippen molar-refractivity contribution in [2.24, 2.45) is 52.1 Å². The molecule has 10 heteroatoms. The van der Waals surface area contributed by atoms with Crippen LogP contribution >= 0.6 is 0 Å². The Morgan fingerprint density at radius 3 is 2.41 bits per heavy atom. The number of aliphatic hydroxyl groups is 6. The van der Waals surface area contributed by atoms with Crippen LogP contribution in [-0.2, 0) is 9.53 Å². The van der Waals surface area contributed by atoms with Crippen LogP contribution in [0.25, 0.3) is 0 Å². The summed E-state index contributed by atoms with van der Waals surface area (Å²) in [4.78, 5) is 11.2. The van der Waals surface area contributed by atoms with Gasteiger partial charge in [-0.2, -0.15) is 0 Å². The van der Waals surface area contributed by atoms with Gasteiger partial charge in [-0.15, -0.1) is 0 Å². The van der Waals surface area contributed by atoms with Gasteiger partial charge in [-0.05, 0) is 73.0 Å². The Morgan fingerprint density at radius 1 is 1.11 bits per heavy atom. The average Bonchev–Trinajstić information content (AvgIpc) is 3.16. The van der Waals surface area contributed by atoms with E-state index in [1.54, 1.807) is 6.92 Å². The van der Waals surface area contributed by atoms with Crippen molar-refractivity contribution in [3.05, 3.63) is 0 Å². The van der Waals surface area contributed by atoms with Crippen molar-refractivity contribution in [1.82, 2.24) is 0 Å². The van der Waals surface area contributed by atoms with E-state index in [2.05, 4.69) is 6.92 Å². The molecule has 0 aliphatic heterocycles. The van der Waals surface area contributed by atoms with Gasteiger partial charge in [0.2, 0.25) is 0 Å². The van der Waals surface area contributed by atoms with Gasteiger partial charge in [-0.1, -0.05) is 20.8 Å². The third-order valence-corrected chi connectivity index (χ3v) is 11.4. The Labute approximate surface area is 218 Å². The second-order valence-electron chi connectivity index (χ2n) is 13.1. The summed E-state index contributed by atoms with van der Waals surface area (Å²) in [6.07, 6.45) is -0.136. The minimum absolute atomic E-state index is 0.0427. The van der Waals surface area contributed by atoms with Crippen molar-refractivity contribution >= 4 is 5.97 Å². The van der Waals surface area contributed by atoms with E-state index in [1.807, 2.05) is 6.92 Å². The molecule has 1 unspecified atom stereocenters. The van der Waals surface area contributed by atoms with Gasteiger partial charge in [0.15, 0.2) is 11.6 Å². The molecule has 0 saturated heterocycles. The molecule has 12 atom stereocenters. The second kappa shape index (κ2) is 9.96. The number of hydrogen-bond donors (Lipinski definition) is 8. The first-order valence-corrected chi connectivity index (χ1v) is 13.9. The van der Waals surface area contributed by atoms with Gasteiger partial charge in [0.05, 0.1) is 31.3 Å². The highest BCUT2D eigenvalue weighted by Crippen LogP contribution is 2.70. The van der Waals surface area contributed by atoms with Crippen molar-refractivity contribution in [2.45, 2.75) is 102 Å². The molecule has 0 aromatic rings. The number of ether oxygens (including phenoxy) is 1. The minimum Gasteiger partial charge on any atom is -0.481 e. The molecule has 37 heavy (non-hydrogen) atoms. The number of fused-ring (bicyclic) bond motifs is 5. The molecule has 10 nitrogen and oxygen atoms in total. The van der Waals surface area contributed by atoms with Crippen molar-refractivity contribution in [3.8, 4) is 0 Å². The van der Waals surface area contributed by atoms with Crippen LogP contribution in [0.15, 0.2) is 0 Å². The van der Waals surface area contributed by atoms with Crippen LogP contribution in [-0.4, -0.2) is 84.8 Å². The Morgan fingerprint density at radius 2 is 1.78 bits per heavy atom. The summed E-state index contributed by atoms with van der Waals surface area (Å²) in [7, 11) is 0. The molecule has 0 radical (unpaired) electrons. The summed E-state index contributed by atoms with van der Waals surface area (Å²) >= 11 is 0. The lowest BCUT2D eigenvalue weighted by molar-refractivity contribution is -0.386. The number of hydrogen-bond acceptors (Lipinski definition) is 9. The van der Waals surface area contributed by atoms with Gasteiger partial charge in [0.25, 0.3) is 0 Å². The standard InChI is InChI=1S/C27H47NO9/c1-14(4-7-22(32)33)17-5-6-18-23-19(9-21(31)24(17,18)2)25(3)15(8-20(23)30)10-26(34,13-27(25,35)36)37-12-16(29)11-28/h14-21,23,29-31,34-36H,4-13,28H2,1-3H3,(H,32,33)/t14-,15-,16?,17-,18+,19+,20-,21+,23+,24-,25+,26-/m1/s1. The van der Waals surface area contributed by atoms with E-state index in [0.29, 0.717) is 6.42 Å². The monoisotopic (exact) mass is 529 g/mol. The summed E-state index contributed by atoms with van der Waals surface area (Å²) < 4.78 is 5.54. The molecule has 0 aromatic carbocycles. The van der Waals surface area contributed by atoms with E-state index in [-0.39, 0.29) is 62.5 Å². The summed E-state index contributed by atoms with van der Waals surface area (Å²) in [5, 5.41) is 76.2. The molecule has 9 N–H and O–H groups in total. The molecule has 0 heterocycles. The zero-order valence-electron chi connectivity index (χ0n) is 22.3. The van der Waals surface area contributed by atoms with Crippen molar-refractivity contribution in [3.63, 3.8) is 0 Å². The van der Waals surface area contributed by atoms with Crippen LogP contribution in [0.4, 0.5) is 0 Å². The molecule has 214 valence electrons. The highest BCUT2D eigenvalue weighted by atomic mass is 16.6. The van der Waals surface area contributed by atoms with Gasteiger partial charge < -0.3 is 46.2 Å². The van der Waals surface area contributed by atoms with Crippen LogP contribution in [0.1, 0.15) is 72.1 Å². The van der Waals surface area contributed by atoms with Crippen molar-refractivity contribution in [2.75, 3.05) is 13.2 Å². The van der Waals surface area contributed by atoms with Gasteiger partial charge >= 0.3 is 5.97 Å². The molecule has 4 rings (SSSR count). The van der Waals surface area contributed by atoms with Crippen molar-refractivity contribution < 1.29 is 45.3 Å². The largest absolute Gasteiger partial charge is 0.481 e. The first kappa shape index (κ1) is 29.1.